The fraction of sp³-hybridized carbons (Fsp3) is 0.500. The summed E-state index contributed by atoms with van der Waals surface area (Å²) in [7, 11) is 0. The Morgan fingerprint density at radius 3 is 2.64 bits per heavy atom. The van der Waals surface area contributed by atoms with Crippen molar-refractivity contribution in [3.8, 4) is 0 Å². The van der Waals surface area contributed by atoms with E-state index in [4.69, 9.17) is 4.55 Å². The molecule has 4 nitrogen and oxygen atoms in total. The van der Waals surface area contributed by atoms with E-state index in [0.29, 0.717) is 5.82 Å². The molecule has 0 saturated heterocycles. The van der Waals surface area contributed by atoms with Crippen molar-refractivity contribution in [3.63, 3.8) is 0 Å². The number of rotatable bonds is 3. The van der Waals surface area contributed by atoms with Crippen molar-refractivity contribution in [1.82, 2.24) is 9.97 Å². The summed E-state index contributed by atoms with van der Waals surface area (Å²) >= 11 is -4.01. The minimum atomic E-state index is -2.16. The van der Waals surface area contributed by atoms with Gasteiger partial charge >= 0.3 is 90.6 Å². The zero-order valence-electron chi connectivity index (χ0n) is 8.52. The van der Waals surface area contributed by atoms with E-state index < -0.39 is 29.5 Å². The van der Waals surface area contributed by atoms with Crippen molar-refractivity contribution in [2.45, 2.75) is 20.6 Å². The summed E-state index contributed by atoms with van der Waals surface area (Å²) in [5, 5.41) is 0. The maximum atomic E-state index is 10.6. The molecule has 1 atom stereocenters. The molecule has 1 aromatic heterocycles. The van der Waals surface area contributed by atoms with Crippen LogP contribution in [0.4, 0.5) is 0 Å². The van der Waals surface area contributed by atoms with Gasteiger partial charge in [-0.05, 0) is 0 Å². The average Bonchev–Trinajstić information content (AvgIpc) is 2.01. The normalized spacial score (nSPS) is 14.0. The SMILES string of the molecule is [CH3][Sn]([CH3])([CH3])[c]1ccnc(CS(=O)O)n1. The molecular weight excluding hydrogens is 307 g/mol. The van der Waals surface area contributed by atoms with E-state index in [0.717, 1.165) is 3.71 Å². The zero-order chi connectivity index (χ0) is 10.8. The van der Waals surface area contributed by atoms with Crippen molar-refractivity contribution in [3.05, 3.63) is 18.1 Å². The molecule has 0 fully saturated rings. The Morgan fingerprint density at radius 2 is 2.14 bits per heavy atom. The van der Waals surface area contributed by atoms with Gasteiger partial charge in [0.1, 0.15) is 0 Å². The number of aromatic nitrogens is 2. The summed E-state index contributed by atoms with van der Waals surface area (Å²) in [5.74, 6) is 0.491. The van der Waals surface area contributed by atoms with Gasteiger partial charge in [-0.2, -0.15) is 0 Å². The Kier molecular flexibility index (Phi) is 4.03. The quantitative estimate of drug-likeness (QED) is 0.659. The van der Waals surface area contributed by atoms with Crippen molar-refractivity contribution in [2.24, 2.45) is 0 Å². The standard InChI is InChI=1S/C5H5N2O2S.3CH3.Sn/c8-10(9)4-5-6-2-1-3-7-5;;;;/h1-2H,4H2,(H,8,9);3*1H3;. The summed E-state index contributed by atoms with van der Waals surface area (Å²) in [6.45, 7) is 0. The maximum absolute atomic E-state index is 10.6. The van der Waals surface area contributed by atoms with Crippen LogP contribution in [0, 0.1) is 0 Å². The Balaban J connectivity index is 2.95. The Hall–Kier alpha value is -0.0113. The Labute approximate surface area is 90.3 Å². The van der Waals surface area contributed by atoms with Crippen LogP contribution in [0.5, 0.6) is 0 Å². The van der Waals surface area contributed by atoms with Gasteiger partial charge in [0, 0.05) is 0 Å². The van der Waals surface area contributed by atoms with Crippen molar-refractivity contribution in [2.75, 3.05) is 0 Å². The van der Waals surface area contributed by atoms with Crippen molar-refractivity contribution < 1.29 is 8.76 Å². The molecule has 0 amide bonds. The minimum absolute atomic E-state index is 0.0236. The van der Waals surface area contributed by atoms with Crippen LogP contribution in [0.2, 0.25) is 14.8 Å². The van der Waals surface area contributed by atoms with Crippen LogP contribution < -0.4 is 3.71 Å². The van der Waals surface area contributed by atoms with Crippen molar-refractivity contribution in [1.29, 1.82) is 0 Å². The molecule has 1 rings (SSSR count). The van der Waals surface area contributed by atoms with E-state index in [9.17, 15) is 4.21 Å². The summed E-state index contributed by atoms with van der Waals surface area (Å²) in [6.07, 6.45) is 1.67. The van der Waals surface area contributed by atoms with E-state index in [2.05, 4.69) is 24.8 Å². The second-order valence-corrected chi connectivity index (χ2v) is 19.3. The third-order valence-electron chi connectivity index (χ3n) is 1.73. The molecule has 0 aliphatic heterocycles. The predicted molar refractivity (Wildman–Crippen MR) is 59.5 cm³/mol. The van der Waals surface area contributed by atoms with Crippen LogP contribution >= 0.6 is 0 Å². The third-order valence-corrected chi connectivity index (χ3v) is 7.41. The second kappa shape index (κ2) is 4.67. The second-order valence-electron chi connectivity index (χ2n) is 4.07. The van der Waals surface area contributed by atoms with Gasteiger partial charge in [-0.1, -0.05) is 0 Å². The van der Waals surface area contributed by atoms with Crippen LogP contribution in [-0.4, -0.2) is 37.1 Å². The van der Waals surface area contributed by atoms with E-state index in [-0.39, 0.29) is 5.75 Å². The van der Waals surface area contributed by atoms with Crippen LogP contribution in [0.15, 0.2) is 12.3 Å². The van der Waals surface area contributed by atoms with Crippen LogP contribution in [0.1, 0.15) is 5.82 Å². The first-order valence-electron chi connectivity index (χ1n) is 4.29. The van der Waals surface area contributed by atoms with Gasteiger partial charge in [0.15, 0.2) is 0 Å². The molecule has 0 saturated carbocycles. The molecule has 0 spiro atoms. The molecule has 78 valence electrons. The predicted octanol–water partition coefficient (Wildman–Crippen LogP) is 0.743. The molecule has 0 aliphatic carbocycles. The molecule has 1 heterocycles. The first-order valence-corrected chi connectivity index (χ1v) is 15.6. The van der Waals surface area contributed by atoms with E-state index in [1.165, 1.54) is 0 Å². The average molecular weight is 321 g/mol. The van der Waals surface area contributed by atoms with Gasteiger partial charge in [0.2, 0.25) is 0 Å². The molecule has 6 heteroatoms. The fourth-order valence-electron chi connectivity index (χ4n) is 0.997. The molecule has 0 radical (unpaired) electrons. The molecule has 1 N–H and O–H groups in total. The molecule has 0 bridgehead atoms. The van der Waals surface area contributed by atoms with Gasteiger partial charge in [-0.15, -0.1) is 0 Å². The Morgan fingerprint density at radius 1 is 1.50 bits per heavy atom. The van der Waals surface area contributed by atoms with Crippen molar-refractivity contribution >= 4 is 33.2 Å². The summed E-state index contributed by atoms with van der Waals surface area (Å²) in [5.41, 5.74) is 0. The van der Waals surface area contributed by atoms with Gasteiger partial charge < -0.3 is 0 Å². The van der Waals surface area contributed by atoms with Crippen LogP contribution in [0.25, 0.3) is 0 Å². The number of nitrogens with zero attached hydrogens (tertiary/aromatic N) is 2. The molecular formula is C8H14N2O2SSn. The van der Waals surface area contributed by atoms with Gasteiger partial charge in [-0.3, -0.25) is 0 Å². The number of hydrogen-bond donors (Lipinski definition) is 1. The van der Waals surface area contributed by atoms with Gasteiger partial charge in [0.25, 0.3) is 0 Å². The van der Waals surface area contributed by atoms with Crippen LogP contribution in [-0.2, 0) is 16.8 Å². The fourth-order valence-corrected chi connectivity index (χ4v) is 4.32. The molecule has 1 unspecified atom stereocenters. The topological polar surface area (TPSA) is 63.1 Å². The molecule has 0 aromatic carbocycles. The molecule has 1 aromatic rings. The third kappa shape index (κ3) is 3.62. The number of hydrogen-bond acceptors (Lipinski definition) is 3. The molecule has 14 heavy (non-hydrogen) atoms. The van der Waals surface area contributed by atoms with E-state index in [1.807, 2.05) is 6.07 Å². The first-order chi connectivity index (χ1) is 6.39. The van der Waals surface area contributed by atoms with Crippen LogP contribution in [0.3, 0.4) is 0 Å². The van der Waals surface area contributed by atoms with Gasteiger partial charge in [0.05, 0.1) is 0 Å². The Bertz CT molecular complexity index is 351. The first kappa shape index (κ1) is 12.1. The van der Waals surface area contributed by atoms with Gasteiger partial charge in [-0.25, -0.2) is 0 Å². The van der Waals surface area contributed by atoms with E-state index >= 15 is 0 Å². The molecule has 0 aliphatic rings. The monoisotopic (exact) mass is 322 g/mol. The summed E-state index contributed by atoms with van der Waals surface area (Å²) < 4.78 is 20.4. The summed E-state index contributed by atoms with van der Waals surface area (Å²) in [4.78, 5) is 15.0. The van der Waals surface area contributed by atoms with E-state index in [1.54, 1.807) is 6.20 Å². The summed E-state index contributed by atoms with van der Waals surface area (Å²) in [6, 6.07) is 1.92. The zero-order valence-corrected chi connectivity index (χ0v) is 12.2.